The van der Waals surface area contributed by atoms with Crippen molar-refractivity contribution < 1.29 is 9.53 Å². The number of hydrogen-bond acceptors (Lipinski definition) is 3. The molecule has 1 aromatic rings. The minimum Gasteiger partial charge on any atom is -0.383 e. The van der Waals surface area contributed by atoms with E-state index in [-0.39, 0.29) is 12.3 Å². The van der Waals surface area contributed by atoms with Gasteiger partial charge in [-0.2, -0.15) is 0 Å². The molecule has 1 N–H and O–H groups in total. The Morgan fingerprint density at radius 2 is 2.19 bits per heavy atom. The first-order valence-electron chi connectivity index (χ1n) is 4.83. The van der Waals surface area contributed by atoms with Gasteiger partial charge in [-0.05, 0) is 18.2 Å². The van der Waals surface area contributed by atoms with E-state index in [1.165, 1.54) is 0 Å². The largest absolute Gasteiger partial charge is 0.383 e. The number of ether oxygens (including phenoxy) is 1. The Bertz CT molecular complexity index is 369. The van der Waals surface area contributed by atoms with Crippen molar-refractivity contribution in [2.24, 2.45) is 0 Å². The number of hydrogen-bond donors (Lipinski definition) is 1. The molecule has 0 radical (unpaired) electrons. The Balaban J connectivity index is 2.55. The predicted octanol–water partition coefficient (Wildman–Crippen LogP) is 2.41. The van der Waals surface area contributed by atoms with Crippen LogP contribution in [0, 0.1) is 0 Å². The Labute approximate surface area is 105 Å². The molecule has 0 atom stereocenters. The SMILES string of the molecule is COCCNCC(=O)c1cc(Cl)ccc1Cl. The number of methoxy groups -OCH3 is 1. The molecule has 0 aliphatic heterocycles. The number of carbonyl (C=O) groups is 1. The molecule has 0 heterocycles. The zero-order valence-corrected chi connectivity index (χ0v) is 10.4. The molecular formula is C11H13Cl2NO2. The molecule has 0 spiro atoms. The summed E-state index contributed by atoms with van der Waals surface area (Å²) in [6, 6.07) is 4.84. The minimum atomic E-state index is -0.0800. The van der Waals surface area contributed by atoms with E-state index in [1.54, 1.807) is 25.3 Å². The summed E-state index contributed by atoms with van der Waals surface area (Å²) < 4.78 is 4.85. The number of Topliss-reactive ketones (excluding diaryl/α,β-unsaturated/α-hetero) is 1. The molecule has 0 aliphatic rings. The summed E-state index contributed by atoms with van der Waals surface area (Å²) in [7, 11) is 1.61. The molecule has 88 valence electrons. The van der Waals surface area contributed by atoms with Gasteiger partial charge >= 0.3 is 0 Å². The van der Waals surface area contributed by atoms with Crippen molar-refractivity contribution >= 4 is 29.0 Å². The van der Waals surface area contributed by atoms with Gasteiger partial charge in [-0.25, -0.2) is 0 Å². The molecule has 0 saturated carbocycles. The molecule has 1 rings (SSSR count). The lowest BCUT2D eigenvalue weighted by atomic mass is 10.1. The topological polar surface area (TPSA) is 38.3 Å². The highest BCUT2D eigenvalue weighted by molar-refractivity contribution is 6.36. The standard InChI is InChI=1S/C11H13Cl2NO2/c1-16-5-4-14-7-11(15)9-6-8(12)2-3-10(9)13/h2-3,6,14H,4-5,7H2,1H3. The Kier molecular flexibility index (Phi) is 5.77. The Hall–Kier alpha value is -0.610. The van der Waals surface area contributed by atoms with Crippen LogP contribution in [0.5, 0.6) is 0 Å². The van der Waals surface area contributed by atoms with Gasteiger partial charge in [0.15, 0.2) is 5.78 Å². The van der Waals surface area contributed by atoms with Crippen LogP contribution >= 0.6 is 23.2 Å². The van der Waals surface area contributed by atoms with Gasteiger partial charge in [-0.3, -0.25) is 4.79 Å². The van der Waals surface area contributed by atoms with E-state index in [1.807, 2.05) is 0 Å². The first-order valence-corrected chi connectivity index (χ1v) is 5.58. The van der Waals surface area contributed by atoms with Crippen LogP contribution in [-0.2, 0) is 4.74 Å². The molecule has 0 aliphatic carbocycles. The molecule has 0 unspecified atom stereocenters. The second kappa shape index (κ2) is 6.86. The lowest BCUT2D eigenvalue weighted by Crippen LogP contribution is -2.26. The van der Waals surface area contributed by atoms with E-state index in [0.717, 1.165) is 0 Å². The van der Waals surface area contributed by atoms with Crippen molar-refractivity contribution in [3.63, 3.8) is 0 Å². The van der Waals surface area contributed by atoms with Gasteiger partial charge in [-0.1, -0.05) is 23.2 Å². The van der Waals surface area contributed by atoms with E-state index in [0.29, 0.717) is 28.8 Å². The molecule has 0 aromatic heterocycles. The molecule has 0 saturated heterocycles. The highest BCUT2D eigenvalue weighted by atomic mass is 35.5. The zero-order chi connectivity index (χ0) is 12.0. The Morgan fingerprint density at radius 3 is 2.88 bits per heavy atom. The smallest absolute Gasteiger partial charge is 0.178 e. The van der Waals surface area contributed by atoms with Crippen LogP contribution in [0.2, 0.25) is 10.0 Å². The summed E-state index contributed by atoms with van der Waals surface area (Å²) in [5, 5.41) is 3.88. The molecule has 16 heavy (non-hydrogen) atoms. The van der Waals surface area contributed by atoms with Crippen LogP contribution in [-0.4, -0.2) is 32.6 Å². The van der Waals surface area contributed by atoms with Crippen molar-refractivity contribution in [2.75, 3.05) is 26.8 Å². The summed E-state index contributed by atoms with van der Waals surface area (Å²) in [4.78, 5) is 11.7. The van der Waals surface area contributed by atoms with E-state index in [4.69, 9.17) is 27.9 Å². The average Bonchev–Trinajstić information content (AvgIpc) is 2.27. The highest BCUT2D eigenvalue weighted by Crippen LogP contribution is 2.20. The van der Waals surface area contributed by atoms with Gasteiger partial charge in [-0.15, -0.1) is 0 Å². The van der Waals surface area contributed by atoms with Crippen molar-refractivity contribution in [1.82, 2.24) is 5.32 Å². The summed E-state index contributed by atoms with van der Waals surface area (Å²) >= 11 is 11.7. The molecule has 3 nitrogen and oxygen atoms in total. The fraction of sp³-hybridized carbons (Fsp3) is 0.364. The van der Waals surface area contributed by atoms with E-state index >= 15 is 0 Å². The molecule has 0 amide bonds. The van der Waals surface area contributed by atoms with Gasteiger partial charge < -0.3 is 10.1 Å². The van der Waals surface area contributed by atoms with Crippen LogP contribution < -0.4 is 5.32 Å². The molecule has 5 heteroatoms. The fourth-order valence-electron chi connectivity index (χ4n) is 1.18. The van der Waals surface area contributed by atoms with Crippen molar-refractivity contribution in [1.29, 1.82) is 0 Å². The second-order valence-corrected chi connectivity index (χ2v) is 4.06. The van der Waals surface area contributed by atoms with Crippen molar-refractivity contribution in [3.8, 4) is 0 Å². The number of halogens is 2. The normalized spacial score (nSPS) is 10.4. The number of nitrogens with one attached hydrogen (secondary N) is 1. The summed E-state index contributed by atoms with van der Waals surface area (Å²) in [6.07, 6.45) is 0. The van der Waals surface area contributed by atoms with Crippen LogP contribution in [0.1, 0.15) is 10.4 Å². The summed E-state index contributed by atoms with van der Waals surface area (Å²) in [5.41, 5.74) is 0.444. The first kappa shape index (κ1) is 13.5. The number of ketones is 1. The number of rotatable bonds is 6. The lowest BCUT2D eigenvalue weighted by molar-refractivity contribution is 0.0987. The fourth-order valence-corrected chi connectivity index (χ4v) is 1.58. The maximum absolute atomic E-state index is 11.7. The summed E-state index contributed by atoms with van der Waals surface area (Å²) in [5.74, 6) is -0.0800. The third kappa shape index (κ3) is 4.10. The first-order chi connectivity index (χ1) is 7.65. The van der Waals surface area contributed by atoms with Crippen LogP contribution in [0.25, 0.3) is 0 Å². The van der Waals surface area contributed by atoms with Gasteiger partial charge in [0, 0.05) is 24.2 Å². The van der Waals surface area contributed by atoms with Gasteiger partial charge in [0.25, 0.3) is 0 Å². The van der Waals surface area contributed by atoms with Gasteiger partial charge in [0.2, 0.25) is 0 Å². The number of carbonyl (C=O) groups excluding carboxylic acids is 1. The predicted molar refractivity (Wildman–Crippen MR) is 65.5 cm³/mol. The van der Waals surface area contributed by atoms with Crippen LogP contribution in [0.15, 0.2) is 18.2 Å². The lowest BCUT2D eigenvalue weighted by Gasteiger charge is -2.05. The van der Waals surface area contributed by atoms with Gasteiger partial charge in [0.1, 0.15) is 0 Å². The monoisotopic (exact) mass is 261 g/mol. The average molecular weight is 262 g/mol. The molecule has 1 aromatic carbocycles. The van der Waals surface area contributed by atoms with Crippen molar-refractivity contribution in [2.45, 2.75) is 0 Å². The van der Waals surface area contributed by atoms with Crippen LogP contribution in [0.4, 0.5) is 0 Å². The maximum Gasteiger partial charge on any atom is 0.178 e. The molecular weight excluding hydrogens is 249 g/mol. The van der Waals surface area contributed by atoms with E-state index in [9.17, 15) is 4.79 Å². The Morgan fingerprint density at radius 1 is 1.44 bits per heavy atom. The van der Waals surface area contributed by atoms with Gasteiger partial charge in [0.05, 0.1) is 18.2 Å². The summed E-state index contributed by atoms with van der Waals surface area (Å²) in [6.45, 7) is 1.42. The minimum absolute atomic E-state index is 0.0800. The maximum atomic E-state index is 11.7. The third-order valence-corrected chi connectivity index (χ3v) is 2.56. The third-order valence-electron chi connectivity index (χ3n) is 2.00. The highest BCUT2D eigenvalue weighted by Gasteiger charge is 2.10. The van der Waals surface area contributed by atoms with Crippen molar-refractivity contribution in [3.05, 3.63) is 33.8 Å². The van der Waals surface area contributed by atoms with Crippen LogP contribution in [0.3, 0.4) is 0 Å². The second-order valence-electron chi connectivity index (χ2n) is 3.22. The zero-order valence-electron chi connectivity index (χ0n) is 8.93. The number of benzene rings is 1. The van der Waals surface area contributed by atoms with E-state index in [2.05, 4.69) is 5.32 Å². The molecule has 0 fully saturated rings. The quantitative estimate of drug-likeness (QED) is 0.632. The van der Waals surface area contributed by atoms with E-state index < -0.39 is 0 Å². The molecule has 0 bridgehead atoms.